The van der Waals surface area contributed by atoms with Gasteiger partial charge in [0.15, 0.2) is 16.7 Å². The van der Waals surface area contributed by atoms with Crippen molar-refractivity contribution >= 4 is 57.0 Å². The number of carbonyl (C=O) groups is 1. The molecule has 0 unspecified atom stereocenters. The molecule has 1 heterocycles. The van der Waals surface area contributed by atoms with Gasteiger partial charge in [0.05, 0.1) is 19.1 Å². The van der Waals surface area contributed by atoms with Gasteiger partial charge in [-0.25, -0.2) is 4.99 Å². The van der Waals surface area contributed by atoms with Crippen LogP contribution in [0.5, 0.6) is 17.2 Å². The Bertz CT molecular complexity index is 1550. The summed E-state index contributed by atoms with van der Waals surface area (Å²) in [6, 6.07) is 25.1. The summed E-state index contributed by atoms with van der Waals surface area (Å²) in [5.74, 6) is 1.53. The van der Waals surface area contributed by atoms with Crippen LogP contribution in [0.1, 0.15) is 11.1 Å². The van der Waals surface area contributed by atoms with E-state index in [1.165, 1.54) is 17.1 Å². The Balaban J connectivity index is 1.34. The molecule has 186 valence electrons. The van der Waals surface area contributed by atoms with Crippen LogP contribution in [0.25, 0.3) is 16.8 Å². The molecule has 0 bridgehead atoms. The lowest BCUT2D eigenvalue weighted by atomic mass is 10.1. The standard InChI is InChI=1S/C29H23ClN2O4S/c1-34-24-13-11-21(30)16-23(24)31-29-32-28(33)27(37-29)15-18-10-12-25(26(14-18)35-2)36-17-20-8-5-7-19-6-3-4-9-22(19)20/h3-16H,17H2,1-2H3,(H,31,32,33)/b27-15-. The second kappa shape index (κ2) is 11.0. The van der Waals surface area contributed by atoms with Crippen LogP contribution in [-0.4, -0.2) is 25.3 Å². The van der Waals surface area contributed by atoms with Crippen LogP contribution in [0.15, 0.2) is 88.8 Å². The Hall–Kier alpha value is -3.94. The molecule has 0 aliphatic carbocycles. The van der Waals surface area contributed by atoms with Crippen LogP contribution in [0.3, 0.4) is 0 Å². The third-order valence-corrected chi connectivity index (χ3v) is 6.91. The fraction of sp³-hybridized carbons (Fsp3) is 0.103. The zero-order valence-electron chi connectivity index (χ0n) is 20.2. The van der Waals surface area contributed by atoms with Crippen molar-refractivity contribution < 1.29 is 19.0 Å². The number of nitrogens with one attached hydrogen (secondary N) is 1. The minimum atomic E-state index is -0.236. The third kappa shape index (κ3) is 5.58. The summed E-state index contributed by atoms with van der Waals surface area (Å²) in [6.07, 6.45) is 1.79. The minimum absolute atomic E-state index is 0.236. The molecule has 4 aromatic rings. The van der Waals surface area contributed by atoms with Crippen molar-refractivity contribution in [3.8, 4) is 17.2 Å². The van der Waals surface area contributed by atoms with Gasteiger partial charge in [-0.05, 0) is 70.1 Å². The Morgan fingerprint density at radius 1 is 0.919 bits per heavy atom. The van der Waals surface area contributed by atoms with E-state index in [2.05, 4.69) is 34.6 Å². The highest BCUT2D eigenvalue weighted by atomic mass is 35.5. The van der Waals surface area contributed by atoms with Crippen molar-refractivity contribution in [1.29, 1.82) is 0 Å². The molecule has 0 spiro atoms. The zero-order chi connectivity index (χ0) is 25.8. The number of hydrogen-bond acceptors (Lipinski definition) is 6. The van der Waals surface area contributed by atoms with Gasteiger partial charge in [0, 0.05) is 5.02 Å². The third-order valence-electron chi connectivity index (χ3n) is 5.76. The summed E-state index contributed by atoms with van der Waals surface area (Å²) in [6.45, 7) is 0.406. The Morgan fingerprint density at radius 3 is 2.54 bits per heavy atom. The van der Waals surface area contributed by atoms with Crippen molar-refractivity contribution in [1.82, 2.24) is 5.32 Å². The first-order valence-electron chi connectivity index (χ1n) is 11.4. The van der Waals surface area contributed by atoms with Gasteiger partial charge in [0.1, 0.15) is 18.0 Å². The monoisotopic (exact) mass is 530 g/mol. The fourth-order valence-corrected chi connectivity index (χ4v) is 4.96. The van der Waals surface area contributed by atoms with E-state index >= 15 is 0 Å². The predicted molar refractivity (Wildman–Crippen MR) is 150 cm³/mol. The van der Waals surface area contributed by atoms with Crippen LogP contribution < -0.4 is 19.5 Å². The fourth-order valence-electron chi connectivity index (χ4n) is 3.96. The molecule has 4 aromatic carbocycles. The SMILES string of the molecule is COc1ccc(Cl)cc1N=C1NC(=O)/C(=C/c2ccc(OCc3cccc4ccccc34)c(OC)c2)S1. The number of thioether (sulfide) groups is 1. The highest BCUT2D eigenvalue weighted by Crippen LogP contribution is 2.35. The number of fused-ring (bicyclic) bond motifs is 1. The molecular weight excluding hydrogens is 508 g/mol. The van der Waals surface area contributed by atoms with E-state index < -0.39 is 0 Å². The van der Waals surface area contributed by atoms with E-state index in [4.69, 9.17) is 25.8 Å². The minimum Gasteiger partial charge on any atom is -0.494 e. The van der Waals surface area contributed by atoms with Crippen molar-refractivity contribution in [3.05, 3.63) is 99.9 Å². The number of amides is 1. The number of benzene rings is 4. The molecule has 1 amide bonds. The number of hydrogen-bond donors (Lipinski definition) is 1. The van der Waals surface area contributed by atoms with Crippen molar-refractivity contribution in [2.24, 2.45) is 4.99 Å². The quantitative estimate of drug-likeness (QED) is 0.261. The molecule has 1 fully saturated rings. The van der Waals surface area contributed by atoms with Crippen LogP contribution in [0, 0.1) is 0 Å². The number of amidine groups is 1. The maximum absolute atomic E-state index is 12.6. The number of ether oxygens (including phenoxy) is 3. The molecule has 0 saturated carbocycles. The van der Waals surface area contributed by atoms with Gasteiger partial charge >= 0.3 is 0 Å². The van der Waals surface area contributed by atoms with Gasteiger partial charge in [-0.3, -0.25) is 4.79 Å². The molecule has 5 rings (SSSR count). The van der Waals surface area contributed by atoms with E-state index in [0.717, 1.165) is 16.5 Å². The molecule has 1 aliphatic rings. The zero-order valence-corrected chi connectivity index (χ0v) is 21.7. The van der Waals surface area contributed by atoms with Gasteiger partial charge in [-0.2, -0.15) is 0 Å². The molecule has 1 N–H and O–H groups in total. The topological polar surface area (TPSA) is 69.2 Å². The highest BCUT2D eigenvalue weighted by molar-refractivity contribution is 8.18. The van der Waals surface area contributed by atoms with Crippen molar-refractivity contribution in [3.63, 3.8) is 0 Å². The van der Waals surface area contributed by atoms with Gasteiger partial charge in [-0.1, -0.05) is 60.1 Å². The van der Waals surface area contributed by atoms with Crippen LogP contribution >= 0.6 is 23.4 Å². The normalized spacial score (nSPS) is 15.3. The van der Waals surface area contributed by atoms with Gasteiger partial charge in [0.25, 0.3) is 5.91 Å². The van der Waals surface area contributed by atoms with E-state index in [1.54, 1.807) is 38.5 Å². The summed E-state index contributed by atoms with van der Waals surface area (Å²) in [5.41, 5.74) is 2.43. The van der Waals surface area contributed by atoms with E-state index in [0.29, 0.717) is 44.6 Å². The first-order chi connectivity index (χ1) is 18.0. The molecule has 1 aliphatic heterocycles. The van der Waals surface area contributed by atoms with E-state index in [-0.39, 0.29) is 5.91 Å². The van der Waals surface area contributed by atoms with Gasteiger partial charge in [0.2, 0.25) is 0 Å². The van der Waals surface area contributed by atoms with Crippen LogP contribution in [-0.2, 0) is 11.4 Å². The van der Waals surface area contributed by atoms with Crippen molar-refractivity contribution in [2.45, 2.75) is 6.61 Å². The molecule has 0 atom stereocenters. The lowest BCUT2D eigenvalue weighted by molar-refractivity contribution is -0.115. The van der Waals surface area contributed by atoms with Crippen LogP contribution in [0.2, 0.25) is 5.02 Å². The van der Waals surface area contributed by atoms with E-state index in [9.17, 15) is 4.79 Å². The smallest absolute Gasteiger partial charge is 0.264 e. The second-order valence-electron chi connectivity index (χ2n) is 8.14. The predicted octanol–water partition coefficient (Wildman–Crippen LogP) is 6.98. The lowest BCUT2D eigenvalue weighted by Gasteiger charge is -2.13. The number of rotatable bonds is 7. The summed E-state index contributed by atoms with van der Waals surface area (Å²) < 4.78 is 17.0. The Labute approximate surface area is 223 Å². The number of carbonyl (C=O) groups excluding carboxylic acids is 1. The Morgan fingerprint density at radius 2 is 1.70 bits per heavy atom. The number of aliphatic imine (C=N–C) groups is 1. The van der Waals surface area contributed by atoms with Crippen LogP contribution in [0.4, 0.5) is 5.69 Å². The Kier molecular flexibility index (Phi) is 7.35. The van der Waals surface area contributed by atoms with Gasteiger partial charge in [-0.15, -0.1) is 0 Å². The van der Waals surface area contributed by atoms with Crippen molar-refractivity contribution in [2.75, 3.05) is 14.2 Å². The molecule has 0 radical (unpaired) electrons. The maximum atomic E-state index is 12.6. The summed E-state index contributed by atoms with van der Waals surface area (Å²) in [4.78, 5) is 17.6. The molecule has 6 nitrogen and oxygen atoms in total. The average Bonchev–Trinajstić information content (AvgIpc) is 3.25. The second-order valence-corrected chi connectivity index (χ2v) is 9.60. The highest BCUT2D eigenvalue weighted by Gasteiger charge is 2.24. The maximum Gasteiger partial charge on any atom is 0.264 e. The first kappa shape index (κ1) is 24.7. The molecule has 0 aromatic heterocycles. The molecular formula is C29H23ClN2O4S. The molecule has 37 heavy (non-hydrogen) atoms. The summed E-state index contributed by atoms with van der Waals surface area (Å²) in [7, 11) is 3.15. The lowest BCUT2D eigenvalue weighted by Crippen LogP contribution is -2.19. The number of nitrogens with zero attached hydrogens (tertiary/aromatic N) is 1. The largest absolute Gasteiger partial charge is 0.494 e. The number of halogens is 1. The average molecular weight is 531 g/mol. The van der Waals surface area contributed by atoms with Gasteiger partial charge < -0.3 is 19.5 Å². The molecule has 1 saturated heterocycles. The summed E-state index contributed by atoms with van der Waals surface area (Å²) in [5, 5.41) is 6.08. The molecule has 8 heteroatoms. The number of methoxy groups -OCH3 is 2. The van der Waals surface area contributed by atoms with E-state index in [1.807, 2.05) is 36.4 Å². The first-order valence-corrected chi connectivity index (χ1v) is 12.6. The summed E-state index contributed by atoms with van der Waals surface area (Å²) >= 11 is 7.34.